The first-order chi connectivity index (χ1) is 9.29. The minimum absolute atomic E-state index is 0.287. The van der Waals surface area contributed by atoms with E-state index in [1.165, 1.54) is 30.2 Å². The summed E-state index contributed by atoms with van der Waals surface area (Å²) in [6.07, 6.45) is 6.80. The Morgan fingerprint density at radius 2 is 2.05 bits per heavy atom. The first-order valence-corrected chi connectivity index (χ1v) is 7.38. The van der Waals surface area contributed by atoms with Gasteiger partial charge in [-0.3, -0.25) is 4.98 Å². The monoisotopic (exact) mass is 254 g/mol. The van der Waals surface area contributed by atoms with E-state index in [9.17, 15) is 0 Å². The van der Waals surface area contributed by atoms with Gasteiger partial charge in [0.05, 0.1) is 5.52 Å². The summed E-state index contributed by atoms with van der Waals surface area (Å²) in [5.74, 6) is 1.29. The van der Waals surface area contributed by atoms with Crippen molar-refractivity contribution in [3.05, 3.63) is 42.1 Å². The van der Waals surface area contributed by atoms with Crippen molar-refractivity contribution in [3.8, 4) is 0 Å². The predicted octanol–water partition coefficient (Wildman–Crippen LogP) is 3.86. The third-order valence-corrected chi connectivity index (χ3v) is 4.65. The lowest BCUT2D eigenvalue weighted by molar-refractivity contribution is 0.283. The molecule has 3 rings (SSSR count). The second kappa shape index (κ2) is 5.30. The maximum Gasteiger partial charge on any atom is 0.0737 e. The van der Waals surface area contributed by atoms with Crippen molar-refractivity contribution in [1.29, 1.82) is 0 Å². The fourth-order valence-electron chi connectivity index (χ4n) is 3.44. The van der Waals surface area contributed by atoms with Gasteiger partial charge in [0.1, 0.15) is 0 Å². The molecule has 0 radical (unpaired) electrons. The first kappa shape index (κ1) is 12.6. The van der Waals surface area contributed by atoms with E-state index in [0.29, 0.717) is 5.92 Å². The maximum atomic E-state index is 6.39. The number of aromatic nitrogens is 1. The number of fused-ring (bicyclic) bond motifs is 1. The lowest BCUT2D eigenvalue weighted by atomic mass is 9.74. The van der Waals surface area contributed by atoms with E-state index in [-0.39, 0.29) is 6.04 Å². The van der Waals surface area contributed by atoms with Crippen LogP contribution in [0.1, 0.15) is 44.1 Å². The van der Waals surface area contributed by atoms with Crippen LogP contribution in [0.3, 0.4) is 0 Å². The van der Waals surface area contributed by atoms with Crippen LogP contribution in [0.5, 0.6) is 0 Å². The van der Waals surface area contributed by atoms with Crippen LogP contribution in [0, 0.1) is 5.92 Å². The molecule has 2 N–H and O–H groups in total. The minimum Gasteiger partial charge on any atom is -0.327 e. The Balaban J connectivity index is 2.02. The summed E-state index contributed by atoms with van der Waals surface area (Å²) in [5.41, 5.74) is 8.88. The highest BCUT2D eigenvalue weighted by molar-refractivity contribution is 5.82. The number of pyridine rings is 1. The molecule has 1 aliphatic carbocycles. The van der Waals surface area contributed by atoms with Gasteiger partial charge in [-0.1, -0.05) is 37.6 Å². The third kappa shape index (κ3) is 2.37. The minimum atomic E-state index is 0.287. The van der Waals surface area contributed by atoms with Crippen molar-refractivity contribution >= 4 is 10.9 Å². The second-order valence-corrected chi connectivity index (χ2v) is 5.78. The molecule has 19 heavy (non-hydrogen) atoms. The molecular weight excluding hydrogens is 232 g/mol. The molecule has 2 nitrogen and oxygen atoms in total. The van der Waals surface area contributed by atoms with Gasteiger partial charge in [-0.2, -0.15) is 0 Å². The summed E-state index contributed by atoms with van der Waals surface area (Å²) in [4.78, 5) is 4.59. The molecule has 1 fully saturated rings. The van der Waals surface area contributed by atoms with Crippen LogP contribution in [-0.4, -0.2) is 11.0 Å². The van der Waals surface area contributed by atoms with E-state index in [2.05, 4.69) is 36.2 Å². The van der Waals surface area contributed by atoms with Gasteiger partial charge in [-0.15, -0.1) is 0 Å². The molecular formula is C17H22N2. The van der Waals surface area contributed by atoms with Gasteiger partial charge in [0.15, 0.2) is 0 Å². The number of benzene rings is 1. The molecule has 1 aliphatic rings. The fraction of sp³-hybridized carbons (Fsp3) is 0.471. The molecule has 0 bridgehead atoms. The van der Waals surface area contributed by atoms with E-state index in [1.807, 2.05) is 12.3 Å². The number of hydrogen-bond acceptors (Lipinski definition) is 2. The number of nitrogens with two attached hydrogens (primary N) is 1. The van der Waals surface area contributed by atoms with E-state index in [0.717, 1.165) is 17.9 Å². The highest BCUT2D eigenvalue weighted by Crippen LogP contribution is 2.38. The summed E-state index contributed by atoms with van der Waals surface area (Å²) < 4.78 is 0. The van der Waals surface area contributed by atoms with Crippen molar-refractivity contribution < 1.29 is 0 Å². The molecule has 3 atom stereocenters. The van der Waals surface area contributed by atoms with Gasteiger partial charge in [0.25, 0.3) is 0 Å². The fourth-order valence-corrected chi connectivity index (χ4v) is 3.44. The Hall–Kier alpha value is -1.41. The summed E-state index contributed by atoms with van der Waals surface area (Å²) in [6.45, 7) is 2.29. The first-order valence-electron chi connectivity index (χ1n) is 7.38. The standard InChI is InChI=1S/C17H22N2/c1-2-12-8-9-16(18)15(11-12)14-7-3-5-13-6-4-10-19-17(13)14/h3-7,10,12,15-16H,2,8-9,11,18H2,1H3. The van der Waals surface area contributed by atoms with Gasteiger partial charge >= 0.3 is 0 Å². The Morgan fingerprint density at radius 3 is 2.89 bits per heavy atom. The normalized spacial score (nSPS) is 27.6. The highest BCUT2D eigenvalue weighted by Gasteiger charge is 2.29. The lowest BCUT2D eigenvalue weighted by Gasteiger charge is -2.34. The lowest BCUT2D eigenvalue weighted by Crippen LogP contribution is -2.34. The molecule has 100 valence electrons. The van der Waals surface area contributed by atoms with Crippen molar-refractivity contribution in [1.82, 2.24) is 4.98 Å². The van der Waals surface area contributed by atoms with Gasteiger partial charge in [-0.05, 0) is 36.8 Å². The zero-order chi connectivity index (χ0) is 13.2. The molecule has 2 aromatic rings. The van der Waals surface area contributed by atoms with E-state index >= 15 is 0 Å². The largest absolute Gasteiger partial charge is 0.327 e. The zero-order valence-electron chi connectivity index (χ0n) is 11.5. The smallest absolute Gasteiger partial charge is 0.0737 e. The average molecular weight is 254 g/mol. The molecule has 0 amide bonds. The molecule has 0 spiro atoms. The SMILES string of the molecule is CCC1CCC(N)C(c2cccc3cccnc23)C1. The molecule has 3 unspecified atom stereocenters. The molecule has 0 aliphatic heterocycles. The average Bonchev–Trinajstić information content (AvgIpc) is 2.47. The highest BCUT2D eigenvalue weighted by atomic mass is 14.7. The summed E-state index contributed by atoms with van der Waals surface area (Å²) in [6, 6.07) is 10.9. The van der Waals surface area contributed by atoms with E-state index in [4.69, 9.17) is 5.73 Å². The summed E-state index contributed by atoms with van der Waals surface area (Å²) in [5, 5.41) is 1.23. The van der Waals surface area contributed by atoms with Crippen molar-refractivity contribution in [2.24, 2.45) is 11.7 Å². The van der Waals surface area contributed by atoms with Crippen LogP contribution < -0.4 is 5.73 Å². The van der Waals surface area contributed by atoms with Crippen LogP contribution >= 0.6 is 0 Å². The van der Waals surface area contributed by atoms with Crippen LogP contribution in [0.2, 0.25) is 0 Å². The van der Waals surface area contributed by atoms with Crippen LogP contribution in [-0.2, 0) is 0 Å². The summed E-state index contributed by atoms with van der Waals surface area (Å²) >= 11 is 0. The Labute approximate surface area is 115 Å². The number of para-hydroxylation sites is 1. The van der Waals surface area contributed by atoms with Gasteiger partial charge in [0, 0.05) is 23.5 Å². The molecule has 2 heteroatoms. The quantitative estimate of drug-likeness (QED) is 0.884. The summed E-state index contributed by atoms with van der Waals surface area (Å²) in [7, 11) is 0. The van der Waals surface area contributed by atoms with E-state index in [1.54, 1.807) is 0 Å². The molecule has 1 aromatic carbocycles. The molecule has 1 saturated carbocycles. The van der Waals surface area contributed by atoms with E-state index < -0.39 is 0 Å². The van der Waals surface area contributed by atoms with Crippen molar-refractivity contribution in [2.45, 2.75) is 44.6 Å². The Bertz CT molecular complexity index is 559. The molecule has 1 heterocycles. The Morgan fingerprint density at radius 1 is 1.21 bits per heavy atom. The third-order valence-electron chi connectivity index (χ3n) is 4.65. The number of rotatable bonds is 2. The van der Waals surface area contributed by atoms with Crippen molar-refractivity contribution in [3.63, 3.8) is 0 Å². The Kier molecular flexibility index (Phi) is 3.52. The van der Waals surface area contributed by atoms with Gasteiger partial charge in [0.2, 0.25) is 0 Å². The van der Waals surface area contributed by atoms with Crippen molar-refractivity contribution in [2.75, 3.05) is 0 Å². The topological polar surface area (TPSA) is 38.9 Å². The molecule has 1 aromatic heterocycles. The van der Waals surface area contributed by atoms with Gasteiger partial charge in [-0.25, -0.2) is 0 Å². The second-order valence-electron chi connectivity index (χ2n) is 5.78. The predicted molar refractivity (Wildman–Crippen MR) is 80.1 cm³/mol. The van der Waals surface area contributed by atoms with Crippen LogP contribution in [0.25, 0.3) is 10.9 Å². The van der Waals surface area contributed by atoms with Crippen LogP contribution in [0.4, 0.5) is 0 Å². The van der Waals surface area contributed by atoms with Gasteiger partial charge < -0.3 is 5.73 Å². The number of nitrogens with zero attached hydrogens (tertiary/aromatic N) is 1. The van der Waals surface area contributed by atoms with Crippen LogP contribution in [0.15, 0.2) is 36.5 Å². The maximum absolute atomic E-state index is 6.39. The number of hydrogen-bond donors (Lipinski definition) is 1. The zero-order valence-corrected chi connectivity index (χ0v) is 11.5. The molecule has 0 saturated heterocycles.